The van der Waals surface area contributed by atoms with Crippen LogP contribution in [0.4, 0.5) is 0 Å². The Labute approximate surface area is 87.5 Å². The predicted octanol–water partition coefficient (Wildman–Crippen LogP) is -0.893. The molecule has 3 unspecified atom stereocenters. The molecule has 3 rings (SSSR count). The van der Waals surface area contributed by atoms with E-state index in [4.69, 9.17) is 10.5 Å². The SMILES string of the molecule is NC1C2C(=O)N(CC3CCCO3)C(=O)C12. The van der Waals surface area contributed by atoms with E-state index in [1.807, 2.05) is 0 Å². The van der Waals surface area contributed by atoms with E-state index >= 15 is 0 Å². The molecule has 3 fully saturated rings. The molecule has 1 aliphatic carbocycles. The van der Waals surface area contributed by atoms with Crippen LogP contribution in [-0.4, -0.2) is 42.0 Å². The Kier molecular flexibility index (Phi) is 1.87. The van der Waals surface area contributed by atoms with Crippen LogP contribution in [0.25, 0.3) is 0 Å². The molecule has 2 aliphatic heterocycles. The van der Waals surface area contributed by atoms with Crippen molar-refractivity contribution < 1.29 is 14.3 Å². The Morgan fingerprint density at radius 1 is 1.33 bits per heavy atom. The third-order valence-corrected chi connectivity index (χ3v) is 3.59. The summed E-state index contributed by atoms with van der Waals surface area (Å²) in [4.78, 5) is 24.8. The summed E-state index contributed by atoms with van der Waals surface area (Å²) in [6, 6.07) is -0.217. The van der Waals surface area contributed by atoms with Crippen LogP contribution in [0, 0.1) is 11.8 Å². The Balaban J connectivity index is 1.68. The number of carbonyl (C=O) groups excluding carboxylic acids is 2. The lowest BCUT2D eigenvalue weighted by molar-refractivity contribution is -0.143. The normalized spacial score (nSPS) is 43.7. The van der Waals surface area contributed by atoms with Gasteiger partial charge in [-0.15, -0.1) is 0 Å². The Bertz CT molecular complexity index is 303. The molecule has 1 saturated carbocycles. The van der Waals surface area contributed by atoms with Gasteiger partial charge in [0, 0.05) is 12.6 Å². The molecule has 2 saturated heterocycles. The summed E-state index contributed by atoms with van der Waals surface area (Å²) in [5.41, 5.74) is 5.62. The summed E-state index contributed by atoms with van der Waals surface area (Å²) in [6.07, 6.45) is 2.01. The van der Waals surface area contributed by atoms with Crippen LogP contribution < -0.4 is 5.73 Å². The Hall–Kier alpha value is -0.940. The van der Waals surface area contributed by atoms with Crippen LogP contribution in [-0.2, 0) is 14.3 Å². The van der Waals surface area contributed by atoms with E-state index in [1.165, 1.54) is 4.90 Å². The number of rotatable bonds is 2. The van der Waals surface area contributed by atoms with Crippen LogP contribution in [0.5, 0.6) is 0 Å². The van der Waals surface area contributed by atoms with Gasteiger partial charge in [0.1, 0.15) is 0 Å². The number of carbonyl (C=O) groups is 2. The summed E-state index contributed by atoms with van der Waals surface area (Å²) < 4.78 is 5.41. The second kappa shape index (κ2) is 3.02. The monoisotopic (exact) mass is 210 g/mol. The number of nitrogens with two attached hydrogens (primary N) is 1. The van der Waals surface area contributed by atoms with Gasteiger partial charge in [-0.1, -0.05) is 0 Å². The highest BCUT2D eigenvalue weighted by Crippen LogP contribution is 2.46. The van der Waals surface area contributed by atoms with Gasteiger partial charge in [0.15, 0.2) is 0 Å². The summed E-state index contributed by atoms with van der Waals surface area (Å²) in [5, 5.41) is 0. The molecule has 0 aromatic rings. The van der Waals surface area contributed by atoms with Gasteiger partial charge < -0.3 is 10.5 Å². The van der Waals surface area contributed by atoms with Crippen molar-refractivity contribution in [1.82, 2.24) is 4.90 Å². The Morgan fingerprint density at radius 2 is 2.00 bits per heavy atom. The number of ether oxygens (including phenoxy) is 1. The predicted molar refractivity (Wildman–Crippen MR) is 50.6 cm³/mol. The molecule has 2 N–H and O–H groups in total. The van der Waals surface area contributed by atoms with Gasteiger partial charge >= 0.3 is 0 Å². The number of amides is 2. The first-order chi connectivity index (χ1) is 7.20. The molecule has 5 nitrogen and oxygen atoms in total. The number of piperidine rings is 1. The number of nitrogens with zero attached hydrogens (tertiary/aromatic N) is 1. The maximum atomic E-state index is 11.7. The topological polar surface area (TPSA) is 72.6 Å². The number of likely N-dealkylation sites (tertiary alicyclic amines) is 1. The molecule has 2 heterocycles. The maximum Gasteiger partial charge on any atom is 0.234 e. The largest absolute Gasteiger partial charge is 0.376 e. The minimum absolute atomic E-state index is 0.0478. The first-order valence-corrected chi connectivity index (χ1v) is 5.42. The molecule has 0 aromatic carbocycles. The second-order valence-corrected chi connectivity index (χ2v) is 4.55. The quantitative estimate of drug-likeness (QED) is 0.600. The van der Waals surface area contributed by atoms with Gasteiger partial charge in [-0.2, -0.15) is 0 Å². The number of imide groups is 1. The highest BCUT2D eigenvalue weighted by Gasteiger charge is 2.65. The number of hydrogen-bond donors (Lipinski definition) is 1. The molecule has 5 heteroatoms. The van der Waals surface area contributed by atoms with E-state index in [1.54, 1.807) is 0 Å². The Morgan fingerprint density at radius 3 is 2.53 bits per heavy atom. The van der Waals surface area contributed by atoms with E-state index in [0.29, 0.717) is 6.54 Å². The minimum atomic E-state index is -0.223. The van der Waals surface area contributed by atoms with Crippen LogP contribution in [0.1, 0.15) is 12.8 Å². The first-order valence-electron chi connectivity index (χ1n) is 5.42. The lowest BCUT2D eigenvalue weighted by Gasteiger charge is -2.20. The van der Waals surface area contributed by atoms with Crippen molar-refractivity contribution in [3.05, 3.63) is 0 Å². The molecule has 0 bridgehead atoms. The average Bonchev–Trinajstić information content (AvgIpc) is 2.62. The van der Waals surface area contributed by atoms with Crippen molar-refractivity contribution >= 4 is 11.8 Å². The van der Waals surface area contributed by atoms with Gasteiger partial charge in [-0.25, -0.2) is 0 Å². The highest BCUT2D eigenvalue weighted by molar-refractivity contribution is 6.10. The van der Waals surface area contributed by atoms with Crippen LogP contribution >= 0.6 is 0 Å². The molecule has 3 atom stereocenters. The summed E-state index contributed by atoms with van der Waals surface area (Å²) in [5.74, 6) is -0.626. The van der Waals surface area contributed by atoms with E-state index in [2.05, 4.69) is 0 Å². The van der Waals surface area contributed by atoms with E-state index in [9.17, 15) is 9.59 Å². The molecule has 82 valence electrons. The average molecular weight is 210 g/mol. The molecule has 15 heavy (non-hydrogen) atoms. The molecular formula is C10H14N2O3. The molecule has 0 radical (unpaired) electrons. The maximum absolute atomic E-state index is 11.7. The molecule has 0 spiro atoms. The third kappa shape index (κ3) is 1.23. The van der Waals surface area contributed by atoms with Gasteiger partial charge in [0.05, 0.1) is 24.5 Å². The highest BCUT2D eigenvalue weighted by atomic mass is 16.5. The van der Waals surface area contributed by atoms with E-state index < -0.39 is 0 Å². The van der Waals surface area contributed by atoms with Crippen LogP contribution in [0.3, 0.4) is 0 Å². The summed E-state index contributed by atoms with van der Waals surface area (Å²) in [7, 11) is 0. The van der Waals surface area contributed by atoms with Crippen LogP contribution in [0.2, 0.25) is 0 Å². The second-order valence-electron chi connectivity index (χ2n) is 4.55. The number of hydrogen-bond acceptors (Lipinski definition) is 4. The molecule has 3 aliphatic rings. The van der Waals surface area contributed by atoms with Crippen molar-refractivity contribution in [2.75, 3.05) is 13.2 Å². The summed E-state index contributed by atoms with van der Waals surface area (Å²) in [6.45, 7) is 1.17. The molecular weight excluding hydrogens is 196 g/mol. The zero-order valence-corrected chi connectivity index (χ0v) is 8.39. The smallest absolute Gasteiger partial charge is 0.234 e. The van der Waals surface area contributed by atoms with Gasteiger partial charge in [0.25, 0.3) is 0 Å². The fraction of sp³-hybridized carbons (Fsp3) is 0.800. The van der Waals surface area contributed by atoms with Crippen molar-refractivity contribution in [1.29, 1.82) is 0 Å². The standard InChI is InChI=1S/C10H14N2O3/c11-8-6-7(8)10(14)12(9(6)13)4-5-2-1-3-15-5/h5-8H,1-4,11H2. The minimum Gasteiger partial charge on any atom is -0.376 e. The summed E-state index contributed by atoms with van der Waals surface area (Å²) >= 11 is 0. The van der Waals surface area contributed by atoms with Crippen LogP contribution in [0.15, 0.2) is 0 Å². The zero-order chi connectivity index (χ0) is 10.6. The van der Waals surface area contributed by atoms with Crippen molar-refractivity contribution in [3.63, 3.8) is 0 Å². The fourth-order valence-corrected chi connectivity index (χ4v) is 2.61. The van der Waals surface area contributed by atoms with Gasteiger partial charge in [-0.3, -0.25) is 14.5 Å². The number of fused-ring (bicyclic) bond motifs is 1. The zero-order valence-electron chi connectivity index (χ0n) is 8.39. The lowest BCUT2D eigenvalue weighted by atomic mass is 10.2. The molecule has 2 amide bonds. The van der Waals surface area contributed by atoms with Gasteiger partial charge in [0.2, 0.25) is 11.8 Å². The van der Waals surface area contributed by atoms with Crippen molar-refractivity contribution in [2.24, 2.45) is 17.6 Å². The van der Waals surface area contributed by atoms with E-state index in [-0.39, 0.29) is 35.8 Å². The third-order valence-electron chi connectivity index (χ3n) is 3.59. The van der Waals surface area contributed by atoms with E-state index in [0.717, 1.165) is 19.4 Å². The fourth-order valence-electron chi connectivity index (χ4n) is 2.61. The lowest BCUT2D eigenvalue weighted by Crippen LogP contribution is -2.41. The molecule has 0 aromatic heterocycles. The van der Waals surface area contributed by atoms with Gasteiger partial charge in [-0.05, 0) is 12.8 Å². The van der Waals surface area contributed by atoms with Crippen molar-refractivity contribution in [3.8, 4) is 0 Å². The van der Waals surface area contributed by atoms with Crippen molar-refractivity contribution in [2.45, 2.75) is 25.0 Å². The first kappa shape index (κ1) is 9.30.